The summed E-state index contributed by atoms with van der Waals surface area (Å²) in [5.74, 6) is -0.553. The number of esters is 1. The van der Waals surface area contributed by atoms with Crippen LogP contribution in [0.2, 0.25) is 0 Å². The molecule has 1 aromatic heterocycles. The summed E-state index contributed by atoms with van der Waals surface area (Å²) in [6, 6.07) is 0.430. The molecule has 12 nitrogen and oxygen atoms in total. The maximum absolute atomic E-state index is 13.2. The van der Waals surface area contributed by atoms with Gasteiger partial charge in [-0.1, -0.05) is 32.6 Å². The molecule has 2 fully saturated rings. The molecule has 1 aromatic rings. The Balaban J connectivity index is 1.60. The second-order valence-electron chi connectivity index (χ2n) is 8.55. The lowest BCUT2D eigenvalue weighted by Crippen LogP contribution is -2.50. The molecular formula is C20H33N4O8P. The van der Waals surface area contributed by atoms with E-state index in [0.717, 1.165) is 36.7 Å². The molecule has 2 saturated heterocycles. The van der Waals surface area contributed by atoms with Crippen LogP contribution in [0.15, 0.2) is 17.1 Å². The molecule has 0 bridgehead atoms. The van der Waals surface area contributed by atoms with Crippen molar-refractivity contribution < 1.29 is 33.0 Å². The summed E-state index contributed by atoms with van der Waals surface area (Å²) in [6.45, 7) is 5.11. The van der Waals surface area contributed by atoms with E-state index in [0.29, 0.717) is 0 Å². The van der Waals surface area contributed by atoms with Gasteiger partial charge in [-0.25, -0.2) is 14.4 Å². The number of ether oxygens (including phenoxy) is 2. The van der Waals surface area contributed by atoms with Gasteiger partial charge in [0.05, 0.1) is 13.2 Å². The number of rotatable bonds is 10. The summed E-state index contributed by atoms with van der Waals surface area (Å²) in [5.41, 5.74) is 3.05. The summed E-state index contributed by atoms with van der Waals surface area (Å²) in [5, 5.41) is 13.7. The van der Waals surface area contributed by atoms with Crippen LogP contribution in [0.1, 0.15) is 59.1 Å². The van der Waals surface area contributed by atoms with E-state index in [1.165, 1.54) is 26.1 Å². The molecule has 186 valence electrons. The van der Waals surface area contributed by atoms with Crippen molar-refractivity contribution in [1.29, 1.82) is 0 Å². The first-order valence-corrected chi connectivity index (χ1v) is 12.7. The molecule has 2 aliphatic heterocycles. The van der Waals surface area contributed by atoms with E-state index < -0.39 is 49.5 Å². The Morgan fingerprint density at radius 1 is 1.45 bits per heavy atom. The fraction of sp³-hybridized carbons (Fsp3) is 0.750. The SMILES string of the molecule is CCCCCCCOC(=O)[C@H](C)N[P@@]1(=O)OC[C@H]2O[C@@H](n3ccc(N)nc3=O)[C@](C)(O)[C@@H]2O1. The molecule has 0 aromatic carbocycles. The highest BCUT2D eigenvalue weighted by Crippen LogP contribution is 2.55. The highest BCUT2D eigenvalue weighted by Gasteiger charge is 2.60. The molecule has 0 radical (unpaired) electrons. The smallest absolute Gasteiger partial charge is 0.406 e. The number of nitrogens with zero attached hydrogens (tertiary/aromatic N) is 2. The lowest BCUT2D eigenvalue weighted by Gasteiger charge is -2.36. The van der Waals surface area contributed by atoms with Gasteiger partial charge in [-0.2, -0.15) is 4.98 Å². The van der Waals surface area contributed by atoms with Crippen molar-refractivity contribution in [3.8, 4) is 0 Å². The minimum Gasteiger partial charge on any atom is -0.465 e. The number of aromatic nitrogens is 2. The molecule has 4 N–H and O–H groups in total. The maximum Gasteiger partial charge on any atom is 0.406 e. The molecule has 0 aliphatic carbocycles. The Bertz CT molecular complexity index is 939. The zero-order chi connectivity index (χ0) is 24.2. The average molecular weight is 488 g/mol. The molecule has 13 heteroatoms. The van der Waals surface area contributed by atoms with Gasteiger partial charge in [0, 0.05) is 6.20 Å². The molecule has 2 aliphatic rings. The van der Waals surface area contributed by atoms with Crippen LogP contribution >= 0.6 is 7.75 Å². The van der Waals surface area contributed by atoms with Crippen LogP contribution in [-0.4, -0.2) is 57.7 Å². The van der Waals surface area contributed by atoms with E-state index in [-0.39, 0.29) is 19.0 Å². The molecule has 0 saturated carbocycles. The van der Waals surface area contributed by atoms with E-state index in [1.54, 1.807) is 0 Å². The van der Waals surface area contributed by atoms with Crippen LogP contribution in [-0.2, 0) is 27.9 Å². The van der Waals surface area contributed by atoms with Gasteiger partial charge in [0.15, 0.2) is 6.23 Å². The highest BCUT2D eigenvalue weighted by molar-refractivity contribution is 7.51. The van der Waals surface area contributed by atoms with Crippen LogP contribution in [0.5, 0.6) is 0 Å². The molecule has 3 heterocycles. The quantitative estimate of drug-likeness (QED) is 0.248. The van der Waals surface area contributed by atoms with Gasteiger partial charge in [0.1, 0.15) is 29.7 Å². The van der Waals surface area contributed by atoms with E-state index >= 15 is 0 Å². The van der Waals surface area contributed by atoms with Gasteiger partial charge >= 0.3 is 19.4 Å². The highest BCUT2D eigenvalue weighted by atomic mass is 31.2. The van der Waals surface area contributed by atoms with Gasteiger partial charge in [-0.3, -0.25) is 18.4 Å². The normalized spacial score (nSPS) is 32.3. The number of hydrogen-bond donors (Lipinski definition) is 3. The minimum atomic E-state index is -3.98. The minimum absolute atomic E-state index is 0.0291. The number of aliphatic hydroxyl groups is 1. The number of carbonyl (C=O) groups is 1. The Morgan fingerprint density at radius 3 is 2.88 bits per heavy atom. The Morgan fingerprint density at radius 2 is 2.18 bits per heavy atom. The van der Waals surface area contributed by atoms with Crippen molar-refractivity contribution in [2.75, 3.05) is 18.9 Å². The zero-order valence-electron chi connectivity index (χ0n) is 19.1. The van der Waals surface area contributed by atoms with Gasteiger partial charge < -0.3 is 20.3 Å². The van der Waals surface area contributed by atoms with Crippen LogP contribution in [0.3, 0.4) is 0 Å². The number of nitrogen functional groups attached to an aromatic ring is 1. The summed E-state index contributed by atoms with van der Waals surface area (Å²) >= 11 is 0. The van der Waals surface area contributed by atoms with Crippen molar-refractivity contribution in [2.24, 2.45) is 0 Å². The van der Waals surface area contributed by atoms with Gasteiger partial charge in [0.2, 0.25) is 0 Å². The first kappa shape index (κ1) is 25.8. The largest absolute Gasteiger partial charge is 0.465 e. The first-order chi connectivity index (χ1) is 15.6. The third-order valence-electron chi connectivity index (χ3n) is 5.68. The van der Waals surface area contributed by atoms with Crippen LogP contribution in [0.25, 0.3) is 0 Å². The maximum atomic E-state index is 13.2. The number of anilines is 1. The van der Waals surface area contributed by atoms with Crippen molar-refractivity contribution in [3.05, 3.63) is 22.7 Å². The fourth-order valence-electron chi connectivity index (χ4n) is 3.86. The fourth-order valence-corrected chi connectivity index (χ4v) is 5.62. The van der Waals surface area contributed by atoms with Crippen molar-refractivity contribution in [1.82, 2.24) is 14.6 Å². The monoisotopic (exact) mass is 488 g/mol. The average Bonchev–Trinajstić information content (AvgIpc) is 3.00. The zero-order valence-corrected chi connectivity index (χ0v) is 20.0. The summed E-state index contributed by atoms with van der Waals surface area (Å²) in [4.78, 5) is 28.1. The third kappa shape index (κ3) is 6.00. The van der Waals surface area contributed by atoms with Gasteiger partial charge in [-0.05, 0) is 26.3 Å². The second-order valence-corrected chi connectivity index (χ2v) is 10.3. The topological polar surface area (TPSA) is 164 Å². The summed E-state index contributed by atoms with van der Waals surface area (Å²) in [6.07, 6.45) is 3.37. The molecule has 3 rings (SSSR count). The molecule has 0 amide bonds. The van der Waals surface area contributed by atoms with E-state index in [9.17, 15) is 19.3 Å². The van der Waals surface area contributed by atoms with Gasteiger partial charge in [-0.15, -0.1) is 0 Å². The molecule has 6 atom stereocenters. The third-order valence-corrected chi connectivity index (χ3v) is 7.38. The molecule has 0 unspecified atom stereocenters. The Kier molecular flexibility index (Phi) is 8.31. The van der Waals surface area contributed by atoms with Crippen LogP contribution in [0.4, 0.5) is 5.82 Å². The lowest BCUT2D eigenvalue weighted by molar-refractivity contribution is -0.145. The number of nitrogens with two attached hydrogens (primary N) is 1. The van der Waals surface area contributed by atoms with Crippen molar-refractivity contribution in [2.45, 2.75) is 83.0 Å². The van der Waals surface area contributed by atoms with E-state index in [1.807, 2.05) is 0 Å². The number of fused-ring (bicyclic) bond motifs is 1. The number of unbranched alkanes of at least 4 members (excludes halogenated alkanes) is 4. The number of nitrogens with one attached hydrogen (secondary N) is 1. The van der Waals surface area contributed by atoms with E-state index in [2.05, 4.69) is 17.0 Å². The molecule has 0 spiro atoms. The van der Waals surface area contributed by atoms with Crippen LogP contribution in [0, 0.1) is 0 Å². The van der Waals surface area contributed by atoms with Crippen LogP contribution < -0.4 is 16.5 Å². The molecule has 33 heavy (non-hydrogen) atoms. The predicted molar refractivity (Wildman–Crippen MR) is 118 cm³/mol. The standard InChI is InChI=1S/C20H33N4O8P/c1-4-5-6-7-8-11-29-17(25)13(2)23-33(28)30-12-14-16(32-33)20(3,27)18(31-14)24-10-9-15(21)22-19(24)26/h9-10,13-14,16,18,27H,4-8,11-12H2,1-3H3,(H,23,28)(H2,21,22,26)/t13-,14+,16+,18+,20+,33+/m0/s1. The summed E-state index contributed by atoms with van der Waals surface area (Å²) in [7, 11) is -3.98. The lowest BCUT2D eigenvalue weighted by atomic mass is 9.96. The number of hydrogen-bond acceptors (Lipinski definition) is 10. The molecular weight excluding hydrogens is 455 g/mol. The first-order valence-electron chi connectivity index (χ1n) is 11.2. The Labute approximate surface area is 192 Å². The van der Waals surface area contributed by atoms with Gasteiger partial charge in [0.25, 0.3) is 0 Å². The van der Waals surface area contributed by atoms with Crippen molar-refractivity contribution in [3.63, 3.8) is 0 Å². The Hall–Kier alpha value is -1.82. The summed E-state index contributed by atoms with van der Waals surface area (Å²) < 4.78 is 36.2. The van der Waals surface area contributed by atoms with Crippen molar-refractivity contribution >= 4 is 19.5 Å². The second kappa shape index (κ2) is 10.6. The van der Waals surface area contributed by atoms with E-state index in [4.69, 9.17) is 24.3 Å². The number of carbonyl (C=O) groups excluding carboxylic acids is 1. The predicted octanol–water partition coefficient (Wildman–Crippen LogP) is 1.49.